The molecule has 0 fully saturated rings. The van der Waals surface area contributed by atoms with E-state index in [2.05, 4.69) is 22.9 Å². The van der Waals surface area contributed by atoms with E-state index in [1.54, 1.807) is 0 Å². The van der Waals surface area contributed by atoms with E-state index in [0.29, 0.717) is 12.2 Å². The summed E-state index contributed by atoms with van der Waals surface area (Å²) in [5, 5.41) is 10.8. The van der Waals surface area contributed by atoms with E-state index in [-0.39, 0.29) is 0 Å². The molecule has 0 aliphatic rings. The third-order valence-electron chi connectivity index (χ3n) is 2.92. The molecule has 0 bridgehead atoms. The lowest BCUT2D eigenvalue weighted by molar-refractivity contribution is 0.148. The second kappa shape index (κ2) is 4.22. The molecule has 2 rings (SSSR count). The molecule has 0 radical (unpaired) electrons. The van der Waals surface area contributed by atoms with Gasteiger partial charge in [-0.2, -0.15) is 0 Å². The number of halogens is 1. The maximum Gasteiger partial charge on any atom is 0.135 e. The average molecular weight is 283 g/mol. The fourth-order valence-electron chi connectivity index (χ4n) is 1.86. The van der Waals surface area contributed by atoms with Crippen molar-refractivity contribution in [3.05, 3.63) is 33.5 Å². The first-order valence-electron chi connectivity index (χ1n) is 5.41. The smallest absolute Gasteiger partial charge is 0.135 e. The van der Waals surface area contributed by atoms with Crippen molar-refractivity contribution in [3.8, 4) is 0 Å². The monoisotopic (exact) mass is 282 g/mol. The summed E-state index contributed by atoms with van der Waals surface area (Å²) in [6, 6.07) is 3.93. The molecule has 3 heteroatoms. The Kier molecular flexibility index (Phi) is 3.08. The summed E-state index contributed by atoms with van der Waals surface area (Å²) in [6.45, 7) is 6.03. The molecule has 1 aromatic carbocycles. The largest absolute Gasteiger partial charge is 0.458 e. The van der Waals surface area contributed by atoms with Crippen LogP contribution in [0.3, 0.4) is 0 Å². The van der Waals surface area contributed by atoms with Crippen LogP contribution in [0.4, 0.5) is 0 Å². The first-order valence-corrected chi connectivity index (χ1v) is 6.21. The number of aliphatic hydroxyl groups is 1. The molecule has 0 saturated heterocycles. The van der Waals surface area contributed by atoms with Gasteiger partial charge in [0.15, 0.2) is 0 Å². The van der Waals surface area contributed by atoms with Crippen molar-refractivity contribution in [2.24, 2.45) is 0 Å². The Morgan fingerprint density at radius 3 is 2.69 bits per heavy atom. The molecule has 1 aromatic heterocycles. The average Bonchev–Trinajstić information content (AvgIpc) is 2.69. The Labute approximate surface area is 103 Å². The normalized spacial score (nSPS) is 13.3. The van der Waals surface area contributed by atoms with E-state index in [1.165, 1.54) is 0 Å². The molecular weight excluding hydrogens is 268 g/mol. The van der Waals surface area contributed by atoms with Gasteiger partial charge in [0.2, 0.25) is 0 Å². The van der Waals surface area contributed by atoms with E-state index < -0.39 is 6.10 Å². The number of furan rings is 1. The number of hydrogen-bond acceptors (Lipinski definition) is 2. The lowest BCUT2D eigenvalue weighted by Gasteiger charge is -2.02. The van der Waals surface area contributed by atoms with E-state index in [1.807, 2.05) is 26.0 Å². The van der Waals surface area contributed by atoms with Gasteiger partial charge in [-0.1, -0.05) is 22.9 Å². The minimum atomic E-state index is -0.508. The molecule has 1 heterocycles. The highest BCUT2D eigenvalue weighted by Crippen LogP contribution is 2.33. The van der Waals surface area contributed by atoms with Crippen LogP contribution in [0.15, 0.2) is 21.0 Å². The SMILES string of the molecule is CCC(O)c1cc2c(C)c(Br)c(C)cc2o1. The Morgan fingerprint density at radius 1 is 1.38 bits per heavy atom. The Balaban J connectivity index is 2.66. The fourth-order valence-corrected chi connectivity index (χ4v) is 2.19. The van der Waals surface area contributed by atoms with Gasteiger partial charge < -0.3 is 9.52 Å². The summed E-state index contributed by atoms with van der Waals surface area (Å²) in [5.74, 6) is 0.651. The topological polar surface area (TPSA) is 33.4 Å². The molecular formula is C13H15BrO2. The minimum absolute atomic E-state index is 0.508. The number of fused-ring (bicyclic) bond motifs is 1. The molecule has 2 nitrogen and oxygen atoms in total. The van der Waals surface area contributed by atoms with Gasteiger partial charge in [-0.25, -0.2) is 0 Å². The standard InChI is InChI=1S/C13H15BrO2/c1-4-10(15)12-6-9-8(3)13(14)7(2)5-11(9)16-12/h5-6,10,15H,4H2,1-3H3. The number of aliphatic hydroxyl groups excluding tert-OH is 1. The van der Waals surface area contributed by atoms with Crippen LogP contribution in [-0.4, -0.2) is 5.11 Å². The van der Waals surface area contributed by atoms with Gasteiger partial charge >= 0.3 is 0 Å². The van der Waals surface area contributed by atoms with E-state index >= 15 is 0 Å². The highest BCUT2D eigenvalue weighted by atomic mass is 79.9. The zero-order valence-corrected chi connectivity index (χ0v) is 11.3. The van der Waals surface area contributed by atoms with Crippen LogP contribution < -0.4 is 0 Å². The zero-order valence-electron chi connectivity index (χ0n) is 9.67. The molecule has 1 unspecified atom stereocenters. The Morgan fingerprint density at radius 2 is 2.06 bits per heavy atom. The first-order chi connectivity index (χ1) is 7.54. The summed E-state index contributed by atoms with van der Waals surface area (Å²) in [6.07, 6.45) is 0.157. The predicted octanol–water partition coefficient (Wildman–Crippen LogP) is 4.26. The van der Waals surface area contributed by atoms with Crippen molar-refractivity contribution >= 4 is 26.9 Å². The third kappa shape index (κ3) is 1.78. The van der Waals surface area contributed by atoms with Crippen molar-refractivity contribution in [1.82, 2.24) is 0 Å². The number of benzene rings is 1. The fraction of sp³-hybridized carbons (Fsp3) is 0.385. The van der Waals surface area contributed by atoms with Gasteiger partial charge in [-0.05, 0) is 43.5 Å². The number of aryl methyl sites for hydroxylation is 2. The second-order valence-corrected chi connectivity index (χ2v) is 4.91. The molecule has 16 heavy (non-hydrogen) atoms. The van der Waals surface area contributed by atoms with E-state index in [0.717, 1.165) is 26.6 Å². The van der Waals surface area contributed by atoms with Crippen LogP contribution in [0.2, 0.25) is 0 Å². The molecule has 1 N–H and O–H groups in total. The van der Waals surface area contributed by atoms with Crippen molar-refractivity contribution in [2.45, 2.75) is 33.3 Å². The van der Waals surface area contributed by atoms with Gasteiger partial charge in [-0.15, -0.1) is 0 Å². The summed E-state index contributed by atoms with van der Waals surface area (Å²) in [7, 11) is 0. The maximum absolute atomic E-state index is 9.75. The van der Waals surface area contributed by atoms with Crippen LogP contribution in [0.5, 0.6) is 0 Å². The predicted molar refractivity (Wildman–Crippen MR) is 68.6 cm³/mol. The molecule has 2 aromatic rings. The highest BCUT2D eigenvalue weighted by molar-refractivity contribution is 9.10. The van der Waals surface area contributed by atoms with Crippen LogP contribution in [0.1, 0.15) is 36.3 Å². The van der Waals surface area contributed by atoms with Gasteiger partial charge in [-0.3, -0.25) is 0 Å². The van der Waals surface area contributed by atoms with Gasteiger partial charge in [0.05, 0.1) is 0 Å². The number of hydrogen-bond donors (Lipinski definition) is 1. The van der Waals surface area contributed by atoms with Gasteiger partial charge in [0.25, 0.3) is 0 Å². The van der Waals surface area contributed by atoms with E-state index in [4.69, 9.17) is 4.42 Å². The van der Waals surface area contributed by atoms with E-state index in [9.17, 15) is 5.11 Å². The van der Waals surface area contributed by atoms with Crippen LogP contribution in [0, 0.1) is 13.8 Å². The maximum atomic E-state index is 9.75. The number of rotatable bonds is 2. The molecule has 0 aliphatic heterocycles. The minimum Gasteiger partial charge on any atom is -0.458 e. The van der Waals surface area contributed by atoms with Gasteiger partial charge in [0.1, 0.15) is 17.4 Å². The van der Waals surface area contributed by atoms with Crippen LogP contribution >= 0.6 is 15.9 Å². The highest BCUT2D eigenvalue weighted by Gasteiger charge is 2.14. The van der Waals surface area contributed by atoms with Crippen molar-refractivity contribution in [3.63, 3.8) is 0 Å². The first kappa shape index (κ1) is 11.7. The quantitative estimate of drug-likeness (QED) is 0.893. The molecule has 1 atom stereocenters. The third-order valence-corrected chi connectivity index (χ3v) is 4.14. The molecule has 0 aliphatic carbocycles. The molecule has 0 spiro atoms. The van der Waals surface area contributed by atoms with Crippen molar-refractivity contribution < 1.29 is 9.52 Å². The van der Waals surface area contributed by atoms with Gasteiger partial charge in [0, 0.05) is 9.86 Å². The van der Waals surface area contributed by atoms with Crippen LogP contribution in [0.25, 0.3) is 11.0 Å². The summed E-state index contributed by atoms with van der Waals surface area (Å²) in [4.78, 5) is 0. The van der Waals surface area contributed by atoms with Crippen molar-refractivity contribution in [2.75, 3.05) is 0 Å². The Hall–Kier alpha value is -0.800. The lowest BCUT2D eigenvalue weighted by Crippen LogP contribution is -1.91. The van der Waals surface area contributed by atoms with Crippen molar-refractivity contribution in [1.29, 1.82) is 0 Å². The summed E-state index contributed by atoms with van der Waals surface area (Å²) < 4.78 is 6.78. The lowest BCUT2D eigenvalue weighted by atomic mass is 10.1. The summed E-state index contributed by atoms with van der Waals surface area (Å²) in [5.41, 5.74) is 3.16. The second-order valence-electron chi connectivity index (χ2n) is 4.12. The summed E-state index contributed by atoms with van der Waals surface area (Å²) >= 11 is 3.56. The molecule has 0 amide bonds. The zero-order chi connectivity index (χ0) is 11.9. The molecule has 86 valence electrons. The van der Waals surface area contributed by atoms with Crippen LogP contribution in [-0.2, 0) is 0 Å². The molecule has 0 saturated carbocycles. The Bertz CT molecular complexity index is 528.